The molecule has 2 nitrogen and oxygen atoms in total. The van der Waals surface area contributed by atoms with Gasteiger partial charge in [0.05, 0.1) is 6.54 Å². The summed E-state index contributed by atoms with van der Waals surface area (Å²) in [6, 6.07) is 0. The van der Waals surface area contributed by atoms with E-state index in [0.717, 1.165) is 25.8 Å². The number of likely N-dealkylation sites (N-methyl/N-ethyl adjacent to an activating group) is 1. The minimum atomic E-state index is 0.361. The van der Waals surface area contributed by atoms with Gasteiger partial charge in [0.15, 0.2) is 0 Å². The molecule has 1 rings (SSSR count). The first kappa shape index (κ1) is 9.72. The lowest BCUT2D eigenvalue weighted by molar-refractivity contribution is -0.123. The first-order chi connectivity index (χ1) is 5.74. The maximum atomic E-state index is 11.6. The molecule has 0 saturated carbocycles. The van der Waals surface area contributed by atoms with E-state index in [1.807, 2.05) is 7.05 Å². The fourth-order valence-electron chi connectivity index (χ4n) is 1.90. The van der Waals surface area contributed by atoms with Gasteiger partial charge in [-0.15, -0.1) is 0 Å². The molecule has 1 fully saturated rings. The van der Waals surface area contributed by atoms with E-state index >= 15 is 0 Å². The highest BCUT2D eigenvalue weighted by molar-refractivity contribution is 5.83. The van der Waals surface area contributed by atoms with Crippen LogP contribution in [-0.2, 0) is 4.79 Å². The van der Waals surface area contributed by atoms with Crippen molar-refractivity contribution in [2.24, 2.45) is 5.92 Å². The fourth-order valence-corrected chi connectivity index (χ4v) is 1.90. The second-order valence-corrected chi connectivity index (χ2v) is 3.83. The summed E-state index contributed by atoms with van der Waals surface area (Å²) >= 11 is 0. The Morgan fingerprint density at radius 2 is 2.33 bits per heavy atom. The van der Waals surface area contributed by atoms with Crippen molar-refractivity contribution in [2.45, 2.75) is 32.6 Å². The average molecular weight is 169 g/mol. The predicted octanol–water partition coefficient (Wildman–Crippen LogP) is 1.70. The van der Waals surface area contributed by atoms with Gasteiger partial charge in [0, 0.05) is 5.92 Å². The molecule has 0 N–H and O–H groups in total. The van der Waals surface area contributed by atoms with Crippen LogP contribution < -0.4 is 0 Å². The predicted molar refractivity (Wildman–Crippen MR) is 50.1 cm³/mol. The molecule has 2 heteroatoms. The van der Waals surface area contributed by atoms with Crippen LogP contribution >= 0.6 is 0 Å². The molecule has 1 aliphatic heterocycles. The highest BCUT2D eigenvalue weighted by Gasteiger charge is 2.21. The Kier molecular flexibility index (Phi) is 3.73. The van der Waals surface area contributed by atoms with Gasteiger partial charge in [0.2, 0.25) is 0 Å². The summed E-state index contributed by atoms with van der Waals surface area (Å²) in [7, 11) is 2.03. The van der Waals surface area contributed by atoms with Gasteiger partial charge in [-0.25, -0.2) is 0 Å². The van der Waals surface area contributed by atoms with Crippen LogP contribution in [0.4, 0.5) is 0 Å². The molecule has 1 aliphatic rings. The summed E-state index contributed by atoms with van der Waals surface area (Å²) in [6.07, 6.45) is 4.52. The van der Waals surface area contributed by atoms with Crippen molar-refractivity contribution in [3.63, 3.8) is 0 Å². The maximum Gasteiger partial charge on any atom is 0.149 e. The minimum Gasteiger partial charge on any atom is -0.299 e. The van der Waals surface area contributed by atoms with Crippen LogP contribution in [0.5, 0.6) is 0 Å². The van der Waals surface area contributed by atoms with Crippen molar-refractivity contribution >= 4 is 5.78 Å². The zero-order valence-electron chi connectivity index (χ0n) is 8.18. The molecular formula is C10H19NO. The number of rotatable bonds is 2. The van der Waals surface area contributed by atoms with E-state index in [0.29, 0.717) is 18.2 Å². The molecule has 0 bridgehead atoms. The van der Waals surface area contributed by atoms with Gasteiger partial charge in [0.1, 0.15) is 5.78 Å². The van der Waals surface area contributed by atoms with Crippen molar-refractivity contribution in [2.75, 3.05) is 20.1 Å². The number of likely N-dealkylation sites (tertiary alicyclic amines) is 1. The Morgan fingerprint density at radius 3 is 3.00 bits per heavy atom. The Hall–Kier alpha value is -0.370. The molecule has 1 atom stereocenters. The zero-order chi connectivity index (χ0) is 8.97. The van der Waals surface area contributed by atoms with Crippen LogP contribution in [0.15, 0.2) is 0 Å². The highest BCUT2D eigenvalue weighted by atomic mass is 16.1. The van der Waals surface area contributed by atoms with Gasteiger partial charge < -0.3 is 0 Å². The topological polar surface area (TPSA) is 20.3 Å². The fraction of sp³-hybridized carbons (Fsp3) is 0.900. The first-order valence-electron chi connectivity index (χ1n) is 4.95. The molecule has 1 unspecified atom stereocenters. The quantitative estimate of drug-likeness (QED) is 0.627. The van der Waals surface area contributed by atoms with Crippen molar-refractivity contribution in [1.82, 2.24) is 4.90 Å². The molecule has 12 heavy (non-hydrogen) atoms. The lowest BCUT2D eigenvalue weighted by Gasteiger charge is -2.12. The summed E-state index contributed by atoms with van der Waals surface area (Å²) in [5, 5.41) is 0. The molecule has 0 spiro atoms. The van der Waals surface area contributed by atoms with Gasteiger partial charge >= 0.3 is 0 Å². The summed E-state index contributed by atoms with van der Waals surface area (Å²) in [6.45, 7) is 3.92. The van der Waals surface area contributed by atoms with Crippen molar-refractivity contribution in [3.8, 4) is 0 Å². The van der Waals surface area contributed by atoms with E-state index in [1.165, 1.54) is 6.42 Å². The average Bonchev–Trinajstić information content (AvgIpc) is 2.15. The van der Waals surface area contributed by atoms with Gasteiger partial charge in [-0.2, -0.15) is 0 Å². The van der Waals surface area contributed by atoms with Gasteiger partial charge in [-0.05, 0) is 32.9 Å². The van der Waals surface area contributed by atoms with Crippen molar-refractivity contribution in [3.05, 3.63) is 0 Å². The number of Topliss-reactive ketones (excluding diaryl/α,β-unsaturated/α-hetero) is 1. The second kappa shape index (κ2) is 4.61. The summed E-state index contributed by atoms with van der Waals surface area (Å²) in [4.78, 5) is 13.7. The number of carbonyl (C=O) groups excluding carboxylic acids is 1. The van der Waals surface area contributed by atoms with Crippen LogP contribution in [0.25, 0.3) is 0 Å². The number of hydrogen-bond acceptors (Lipinski definition) is 2. The standard InChI is InChI=1S/C10H19NO/c1-3-5-9-6-4-7-11(2)8-10(9)12/h9H,3-8H2,1-2H3. The van der Waals surface area contributed by atoms with Gasteiger partial charge in [-0.3, -0.25) is 9.69 Å². The largest absolute Gasteiger partial charge is 0.299 e. The van der Waals surface area contributed by atoms with Gasteiger partial charge in [-0.1, -0.05) is 13.3 Å². The number of carbonyl (C=O) groups is 1. The van der Waals surface area contributed by atoms with E-state index < -0.39 is 0 Å². The van der Waals surface area contributed by atoms with E-state index in [2.05, 4.69) is 11.8 Å². The Balaban J connectivity index is 2.46. The summed E-state index contributed by atoms with van der Waals surface area (Å²) < 4.78 is 0. The van der Waals surface area contributed by atoms with Crippen LogP contribution in [0, 0.1) is 5.92 Å². The SMILES string of the molecule is CCCC1CCCN(C)CC1=O. The molecule has 0 radical (unpaired) electrons. The zero-order valence-corrected chi connectivity index (χ0v) is 8.18. The monoisotopic (exact) mass is 169 g/mol. The lowest BCUT2D eigenvalue weighted by Crippen LogP contribution is -2.26. The third-order valence-corrected chi connectivity index (χ3v) is 2.61. The lowest BCUT2D eigenvalue weighted by atomic mass is 9.95. The summed E-state index contributed by atoms with van der Waals surface area (Å²) in [5.41, 5.74) is 0. The maximum absolute atomic E-state index is 11.6. The van der Waals surface area contributed by atoms with Crippen molar-refractivity contribution < 1.29 is 4.79 Å². The number of ketones is 1. The smallest absolute Gasteiger partial charge is 0.149 e. The Morgan fingerprint density at radius 1 is 1.58 bits per heavy atom. The highest BCUT2D eigenvalue weighted by Crippen LogP contribution is 2.18. The molecule has 0 aromatic heterocycles. The van der Waals surface area contributed by atoms with Crippen molar-refractivity contribution in [1.29, 1.82) is 0 Å². The molecule has 0 aliphatic carbocycles. The first-order valence-corrected chi connectivity index (χ1v) is 4.95. The molecule has 0 aromatic carbocycles. The summed E-state index contributed by atoms with van der Waals surface area (Å²) in [5.74, 6) is 0.816. The molecule has 70 valence electrons. The van der Waals surface area contributed by atoms with E-state index in [4.69, 9.17) is 0 Å². The normalized spacial score (nSPS) is 27.2. The van der Waals surface area contributed by atoms with Gasteiger partial charge in [0.25, 0.3) is 0 Å². The molecule has 0 amide bonds. The van der Waals surface area contributed by atoms with E-state index in [9.17, 15) is 4.79 Å². The Bertz CT molecular complexity index is 156. The van der Waals surface area contributed by atoms with Crippen LogP contribution in [-0.4, -0.2) is 30.8 Å². The minimum absolute atomic E-state index is 0.361. The van der Waals surface area contributed by atoms with E-state index in [-0.39, 0.29) is 0 Å². The molecule has 1 saturated heterocycles. The third kappa shape index (κ3) is 2.59. The number of nitrogens with zero attached hydrogens (tertiary/aromatic N) is 1. The third-order valence-electron chi connectivity index (χ3n) is 2.61. The molecule has 1 heterocycles. The van der Waals surface area contributed by atoms with E-state index in [1.54, 1.807) is 0 Å². The van der Waals surface area contributed by atoms with Crippen LogP contribution in [0.2, 0.25) is 0 Å². The Labute approximate surface area is 74.9 Å². The number of hydrogen-bond donors (Lipinski definition) is 0. The van der Waals surface area contributed by atoms with Crippen LogP contribution in [0.1, 0.15) is 32.6 Å². The molecular weight excluding hydrogens is 150 g/mol. The molecule has 0 aromatic rings. The van der Waals surface area contributed by atoms with Crippen LogP contribution in [0.3, 0.4) is 0 Å². The second-order valence-electron chi connectivity index (χ2n) is 3.83.